The second-order valence-electron chi connectivity index (χ2n) is 5.60. The van der Waals surface area contributed by atoms with Gasteiger partial charge < -0.3 is 4.74 Å². The van der Waals surface area contributed by atoms with E-state index < -0.39 is 0 Å². The third kappa shape index (κ3) is 3.58. The van der Waals surface area contributed by atoms with Gasteiger partial charge in [-0.15, -0.1) is 0 Å². The van der Waals surface area contributed by atoms with E-state index in [0.29, 0.717) is 5.92 Å². The van der Waals surface area contributed by atoms with Gasteiger partial charge in [0.05, 0.1) is 0 Å². The average Bonchev–Trinajstić information content (AvgIpc) is 2.52. The van der Waals surface area contributed by atoms with Gasteiger partial charge in [-0.1, -0.05) is 30.3 Å². The van der Waals surface area contributed by atoms with Crippen LogP contribution >= 0.6 is 22.6 Å². The zero-order chi connectivity index (χ0) is 14.7. The molecule has 1 fully saturated rings. The Morgan fingerprint density at radius 2 is 1.76 bits per heavy atom. The topological polar surface area (TPSA) is 12.5 Å². The maximum Gasteiger partial charge on any atom is 0.159 e. The first-order valence-electron chi connectivity index (χ1n) is 7.41. The van der Waals surface area contributed by atoms with Gasteiger partial charge in [0.1, 0.15) is 5.75 Å². The van der Waals surface area contributed by atoms with E-state index in [1.165, 1.54) is 22.0 Å². The third-order valence-corrected chi connectivity index (χ3v) is 4.82. The van der Waals surface area contributed by atoms with Crippen LogP contribution in [0.5, 0.6) is 5.75 Å². The molecular weight excluding hydrogens is 373 g/mol. The minimum atomic E-state index is 0.112. The monoisotopic (exact) mass is 393 g/mol. The van der Waals surface area contributed by atoms with Crippen molar-refractivity contribution in [1.82, 2.24) is 4.90 Å². The fourth-order valence-electron chi connectivity index (χ4n) is 2.99. The highest BCUT2D eigenvalue weighted by molar-refractivity contribution is 14.1. The highest BCUT2D eigenvalue weighted by Crippen LogP contribution is 2.33. The Morgan fingerprint density at radius 3 is 2.48 bits per heavy atom. The fourth-order valence-corrected chi connectivity index (χ4v) is 3.35. The maximum absolute atomic E-state index is 6.31. The van der Waals surface area contributed by atoms with Crippen LogP contribution in [0.2, 0.25) is 0 Å². The van der Waals surface area contributed by atoms with Gasteiger partial charge in [0.2, 0.25) is 0 Å². The van der Waals surface area contributed by atoms with Crippen molar-refractivity contribution >= 4 is 22.6 Å². The third-order valence-electron chi connectivity index (χ3n) is 4.10. The SMILES string of the molecule is CN1CCC[C@H](c2ccccc2)[C@H]1Oc1ccc(I)cc1. The van der Waals surface area contributed by atoms with Gasteiger partial charge in [0.25, 0.3) is 0 Å². The second-order valence-corrected chi connectivity index (χ2v) is 6.85. The van der Waals surface area contributed by atoms with Crippen LogP contribution in [0, 0.1) is 3.57 Å². The van der Waals surface area contributed by atoms with Crippen LogP contribution < -0.4 is 4.74 Å². The Hall–Kier alpha value is -1.07. The molecule has 0 bridgehead atoms. The zero-order valence-corrected chi connectivity index (χ0v) is 14.4. The number of halogens is 1. The quantitative estimate of drug-likeness (QED) is 0.712. The van der Waals surface area contributed by atoms with E-state index in [1.807, 2.05) is 0 Å². The number of ether oxygens (including phenoxy) is 1. The molecule has 0 aliphatic carbocycles. The highest BCUT2D eigenvalue weighted by atomic mass is 127. The molecule has 0 N–H and O–H groups in total. The van der Waals surface area contributed by atoms with E-state index in [-0.39, 0.29) is 6.23 Å². The summed E-state index contributed by atoms with van der Waals surface area (Å²) in [5, 5.41) is 0. The molecule has 0 saturated carbocycles. The molecule has 1 heterocycles. The number of piperidine rings is 1. The largest absolute Gasteiger partial charge is 0.474 e. The number of hydrogen-bond donors (Lipinski definition) is 0. The van der Waals surface area contributed by atoms with E-state index in [1.54, 1.807) is 0 Å². The van der Waals surface area contributed by atoms with Crippen molar-refractivity contribution in [2.24, 2.45) is 0 Å². The van der Waals surface area contributed by atoms with Crippen molar-refractivity contribution in [2.45, 2.75) is 25.0 Å². The fraction of sp³-hybridized carbons (Fsp3) is 0.333. The first kappa shape index (κ1) is 14.9. The van der Waals surface area contributed by atoms with Crippen LogP contribution in [0.4, 0.5) is 0 Å². The maximum atomic E-state index is 6.31. The van der Waals surface area contributed by atoms with Gasteiger partial charge in [0, 0.05) is 16.0 Å². The summed E-state index contributed by atoms with van der Waals surface area (Å²) in [5.41, 5.74) is 1.37. The predicted octanol–water partition coefficient (Wildman–Crippen LogP) is 4.51. The number of nitrogens with zero attached hydrogens (tertiary/aromatic N) is 1. The van der Waals surface area contributed by atoms with Gasteiger partial charge >= 0.3 is 0 Å². The molecule has 1 saturated heterocycles. The smallest absolute Gasteiger partial charge is 0.159 e. The molecular formula is C18H20INO. The Balaban J connectivity index is 1.83. The van der Waals surface area contributed by atoms with E-state index in [0.717, 1.165) is 12.3 Å². The van der Waals surface area contributed by atoms with Crippen molar-refractivity contribution in [3.05, 3.63) is 63.7 Å². The molecule has 0 unspecified atom stereocenters. The predicted molar refractivity (Wildman–Crippen MR) is 94.6 cm³/mol. The van der Waals surface area contributed by atoms with E-state index in [9.17, 15) is 0 Å². The zero-order valence-electron chi connectivity index (χ0n) is 12.2. The molecule has 0 radical (unpaired) electrons. The van der Waals surface area contributed by atoms with Crippen molar-refractivity contribution in [3.8, 4) is 5.75 Å². The van der Waals surface area contributed by atoms with Crippen molar-refractivity contribution in [1.29, 1.82) is 0 Å². The molecule has 110 valence electrons. The van der Waals surface area contributed by atoms with Crippen LogP contribution in [0.15, 0.2) is 54.6 Å². The van der Waals surface area contributed by atoms with Gasteiger partial charge in [-0.3, -0.25) is 4.90 Å². The van der Waals surface area contributed by atoms with E-state index >= 15 is 0 Å². The number of rotatable bonds is 3. The Bertz CT molecular complexity index is 570. The lowest BCUT2D eigenvalue weighted by molar-refractivity contribution is -0.00340. The lowest BCUT2D eigenvalue weighted by atomic mass is 9.89. The number of likely N-dealkylation sites (N-methyl/N-ethyl adjacent to an activating group) is 1. The van der Waals surface area contributed by atoms with Crippen LogP contribution in [0.1, 0.15) is 24.3 Å². The molecule has 1 aliphatic heterocycles. The first-order valence-corrected chi connectivity index (χ1v) is 8.49. The number of likely N-dealkylation sites (tertiary alicyclic amines) is 1. The molecule has 2 nitrogen and oxygen atoms in total. The summed E-state index contributed by atoms with van der Waals surface area (Å²) in [6, 6.07) is 19.1. The molecule has 2 aromatic rings. The van der Waals surface area contributed by atoms with Gasteiger partial charge in [0.15, 0.2) is 6.23 Å². The summed E-state index contributed by atoms with van der Waals surface area (Å²) in [7, 11) is 2.16. The normalized spacial score (nSPS) is 23.0. The highest BCUT2D eigenvalue weighted by Gasteiger charge is 2.31. The molecule has 2 aromatic carbocycles. The summed E-state index contributed by atoms with van der Waals surface area (Å²) in [6.07, 6.45) is 2.52. The van der Waals surface area contributed by atoms with Crippen LogP contribution in [-0.2, 0) is 0 Å². The summed E-state index contributed by atoms with van der Waals surface area (Å²) < 4.78 is 7.55. The van der Waals surface area contributed by atoms with Gasteiger partial charge in [-0.25, -0.2) is 0 Å². The molecule has 0 spiro atoms. The van der Waals surface area contributed by atoms with Crippen LogP contribution in [0.25, 0.3) is 0 Å². The molecule has 2 atom stereocenters. The van der Waals surface area contributed by atoms with E-state index in [4.69, 9.17) is 4.74 Å². The molecule has 0 aromatic heterocycles. The molecule has 1 aliphatic rings. The molecule has 3 rings (SSSR count). The summed E-state index contributed by atoms with van der Waals surface area (Å²) in [4.78, 5) is 2.33. The number of hydrogen-bond acceptors (Lipinski definition) is 2. The molecule has 3 heteroatoms. The van der Waals surface area contributed by atoms with E-state index in [2.05, 4.69) is 89.1 Å². The Morgan fingerprint density at radius 1 is 1.05 bits per heavy atom. The van der Waals surface area contributed by atoms with Gasteiger partial charge in [-0.05, 0) is 72.3 Å². The minimum Gasteiger partial charge on any atom is -0.474 e. The molecule has 21 heavy (non-hydrogen) atoms. The van der Waals surface area contributed by atoms with Crippen molar-refractivity contribution in [3.63, 3.8) is 0 Å². The first-order chi connectivity index (χ1) is 10.2. The Labute approximate surface area is 140 Å². The lowest BCUT2D eigenvalue weighted by Crippen LogP contribution is -2.45. The van der Waals surface area contributed by atoms with Gasteiger partial charge in [-0.2, -0.15) is 0 Å². The van der Waals surface area contributed by atoms with Crippen molar-refractivity contribution < 1.29 is 4.74 Å². The number of benzene rings is 2. The standard InChI is InChI=1S/C18H20INO/c1-20-13-5-8-17(14-6-3-2-4-7-14)18(20)21-16-11-9-15(19)10-12-16/h2-4,6-7,9-12,17-18H,5,8,13H2,1H3/t17-,18-/m1/s1. The summed E-state index contributed by atoms with van der Waals surface area (Å²) in [6.45, 7) is 1.10. The average molecular weight is 393 g/mol. The lowest BCUT2D eigenvalue weighted by Gasteiger charge is -2.39. The summed E-state index contributed by atoms with van der Waals surface area (Å²) in [5.74, 6) is 1.39. The minimum absolute atomic E-state index is 0.112. The van der Waals surface area contributed by atoms with Crippen LogP contribution in [0.3, 0.4) is 0 Å². The summed E-state index contributed by atoms with van der Waals surface area (Å²) >= 11 is 2.32. The van der Waals surface area contributed by atoms with Crippen LogP contribution in [-0.4, -0.2) is 24.7 Å². The second kappa shape index (κ2) is 6.79. The van der Waals surface area contributed by atoms with Crippen molar-refractivity contribution in [2.75, 3.05) is 13.6 Å². The molecule has 0 amide bonds. The Kier molecular flexibility index (Phi) is 4.80.